The second kappa shape index (κ2) is 7.85. The Hall–Kier alpha value is -2.25. The van der Waals surface area contributed by atoms with E-state index in [0.29, 0.717) is 6.61 Å². The SMILES string of the molecule is Clc1ccc([CH]Cc2cccc(OCc3ccccc3)c2)cc1. The molecule has 3 rings (SSSR count). The maximum Gasteiger partial charge on any atom is 0.120 e. The minimum atomic E-state index is 0.588. The van der Waals surface area contributed by atoms with Gasteiger partial charge >= 0.3 is 0 Å². The first-order chi connectivity index (χ1) is 11.3. The van der Waals surface area contributed by atoms with Crippen LogP contribution in [0.1, 0.15) is 16.7 Å². The second-order valence-electron chi connectivity index (χ2n) is 5.38. The molecule has 0 bridgehead atoms. The smallest absolute Gasteiger partial charge is 0.120 e. The van der Waals surface area contributed by atoms with Gasteiger partial charge in [-0.3, -0.25) is 0 Å². The predicted octanol–water partition coefficient (Wildman–Crippen LogP) is 5.71. The first-order valence-corrected chi connectivity index (χ1v) is 8.02. The third-order valence-corrected chi connectivity index (χ3v) is 3.84. The number of halogens is 1. The largest absolute Gasteiger partial charge is 0.489 e. The van der Waals surface area contributed by atoms with E-state index in [1.807, 2.05) is 54.6 Å². The van der Waals surface area contributed by atoms with Crippen LogP contribution in [0.4, 0.5) is 0 Å². The molecule has 0 spiro atoms. The molecule has 0 aromatic heterocycles. The highest BCUT2D eigenvalue weighted by Crippen LogP contribution is 2.18. The summed E-state index contributed by atoms with van der Waals surface area (Å²) in [6.07, 6.45) is 3.05. The van der Waals surface area contributed by atoms with Gasteiger partial charge in [0.05, 0.1) is 0 Å². The summed E-state index contributed by atoms with van der Waals surface area (Å²) in [4.78, 5) is 0. The Balaban J connectivity index is 1.57. The zero-order valence-electron chi connectivity index (χ0n) is 12.8. The van der Waals surface area contributed by atoms with Crippen LogP contribution in [0.2, 0.25) is 5.02 Å². The lowest BCUT2D eigenvalue weighted by Crippen LogP contribution is -1.96. The Morgan fingerprint density at radius 1 is 0.783 bits per heavy atom. The standard InChI is InChI=1S/C21H18ClO/c22-20-13-11-17(12-14-20)9-10-18-7-4-8-21(15-18)23-16-19-5-2-1-3-6-19/h1-9,11-15H,10,16H2. The molecule has 0 unspecified atom stereocenters. The summed E-state index contributed by atoms with van der Waals surface area (Å²) in [6.45, 7) is 0.588. The molecule has 0 atom stereocenters. The summed E-state index contributed by atoms with van der Waals surface area (Å²) in [5.74, 6) is 0.899. The number of benzene rings is 3. The maximum absolute atomic E-state index is 5.90. The molecule has 0 N–H and O–H groups in total. The Bertz CT molecular complexity index is 735. The highest BCUT2D eigenvalue weighted by Gasteiger charge is 2.00. The van der Waals surface area contributed by atoms with E-state index in [-0.39, 0.29) is 0 Å². The molecule has 0 aliphatic carbocycles. The fraction of sp³-hybridized carbons (Fsp3) is 0.0952. The lowest BCUT2D eigenvalue weighted by Gasteiger charge is -2.08. The van der Waals surface area contributed by atoms with E-state index in [0.717, 1.165) is 17.2 Å². The van der Waals surface area contributed by atoms with Crippen LogP contribution in [-0.4, -0.2) is 0 Å². The first-order valence-electron chi connectivity index (χ1n) is 7.64. The van der Waals surface area contributed by atoms with E-state index in [4.69, 9.17) is 16.3 Å². The van der Waals surface area contributed by atoms with Crippen molar-refractivity contribution >= 4 is 11.6 Å². The molecule has 0 amide bonds. The summed E-state index contributed by atoms with van der Waals surface area (Å²) >= 11 is 5.90. The van der Waals surface area contributed by atoms with Crippen molar-refractivity contribution in [2.45, 2.75) is 13.0 Å². The molecular formula is C21H18ClO. The number of hydrogen-bond acceptors (Lipinski definition) is 1. The molecule has 0 heterocycles. The number of hydrogen-bond donors (Lipinski definition) is 0. The van der Waals surface area contributed by atoms with Gasteiger partial charge in [-0.05, 0) is 53.8 Å². The molecule has 2 heteroatoms. The number of rotatable bonds is 6. The molecule has 1 radical (unpaired) electrons. The van der Waals surface area contributed by atoms with E-state index in [1.54, 1.807) is 0 Å². The van der Waals surface area contributed by atoms with Crippen LogP contribution in [0.15, 0.2) is 78.9 Å². The molecule has 115 valence electrons. The molecule has 0 saturated heterocycles. The fourth-order valence-corrected chi connectivity index (χ4v) is 2.46. The summed E-state index contributed by atoms with van der Waals surface area (Å²) in [7, 11) is 0. The van der Waals surface area contributed by atoms with E-state index in [1.165, 1.54) is 16.7 Å². The molecule has 3 aromatic carbocycles. The fourth-order valence-electron chi connectivity index (χ4n) is 2.34. The van der Waals surface area contributed by atoms with Gasteiger partial charge in [0.2, 0.25) is 0 Å². The Morgan fingerprint density at radius 2 is 1.52 bits per heavy atom. The summed E-state index contributed by atoms with van der Waals surface area (Å²) in [5, 5.41) is 0.762. The molecule has 23 heavy (non-hydrogen) atoms. The van der Waals surface area contributed by atoms with Crippen LogP contribution in [0.5, 0.6) is 5.75 Å². The molecule has 0 saturated carbocycles. The minimum Gasteiger partial charge on any atom is -0.489 e. The molecule has 0 fully saturated rings. The topological polar surface area (TPSA) is 9.23 Å². The van der Waals surface area contributed by atoms with Crippen molar-refractivity contribution in [1.29, 1.82) is 0 Å². The zero-order valence-corrected chi connectivity index (χ0v) is 13.5. The van der Waals surface area contributed by atoms with Crippen molar-refractivity contribution in [2.24, 2.45) is 0 Å². The second-order valence-corrected chi connectivity index (χ2v) is 5.82. The van der Waals surface area contributed by atoms with Gasteiger partial charge < -0.3 is 4.74 Å². The van der Waals surface area contributed by atoms with Crippen molar-refractivity contribution in [3.05, 3.63) is 107 Å². The Labute approximate surface area is 142 Å². The van der Waals surface area contributed by atoms with Gasteiger partial charge in [-0.1, -0.05) is 66.2 Å². The average Bonchev–Trinajstić information content (AvgIpc) is 2.61. The zero-order chi connectivity index (χ0) is 15.9. The van der Waals surface area contributed by atoms with Gasteiger partial charge in [0.25, 0.3) is 0 Å². The summed E-state index contributed by atoms with van der Waals surface area (Å²) < 4.78 is 5.87. The third kappa shape index (κ3) is 4.87. The lowest BCUT2D eigenvalue weighted by molar-refractivity contribution is 0.306. The third-order valence-electron chi connectivity index (χ3n) is 3.59. The van der Waals surface area contributed by atoms with Crippen LogP contribution < -0.4 is 4.74 Å². The number of ether oxygens (including phenoxy) is 1. The van der Waals surface area contributed by atoms with Crippen LogP contribution >= 0.6 is 11.6 Å². The van der Waals surface area contributed by atoms with E-state index in [9.17, 15) is 0 Å². The van der Waals surface area contributed by atoms with Crippen molar-refractivity contribution in [3.63, 3.8) is 0 Å². The van der Waals surface area contributed by atoms with Gasteiger partial charge in [-0.2, -0.15) is 0 Å². The van der Waals surface area contributed by atoms with E-state index in [2.05, 4.69) is 30.7 Å². The quantitative estimate of drug-likeness (QED) is 0.564. The van der Waals surface area contributed by atoms with Crippen LogP contribution in [0.3, 0.4) is 0 Å². The van der Waals surface area contributed by atoms with Crippen LogP contribution in [0, 0.1) is 6.42 Å². The van der Waals surface area contributed by atoms with Crippen molar-refractivity contribution in [2.75, 3.05) is 0 Å². The van der Waals surface area contributed by atoms with Crippen molar-refractivity contribution in [1.82, 2.24) is 0 Å². The van der Waals surface area contributed by atoms with Gasteiger partial charge in [0.1, 0.15) is 12.4 Å². The predicted molar refractivity (Wildman–Crippen MR) is 95.8 cm³/mol. The summed E-state index contributed by atoms with van der Waals surface area (Å²) in [5.41, 5.74) is 3.57. The average molecular weight is 322 g/mol. The lowest BCUT2D eigenvalue weighted by atomic mass is 10.0. The van der Waals surface area contributed by atoms with Gasteiger partial charge in [-0.25, -0.2) is 0 Å². The Kier molecular flexibility index (Phi) is 5.33. The monoisotopic (exact) mass is 321 g/mol. The first kappa shape index (κ1) is 15.6. The normalized spacial score (nSPS) is 10.5. The van der Waals surface area contributed by atoms with Crippen molar-refractivity contribution < 1.29 is 4.74 Å². The van der Waals surface area contributed by atoms with Crippen LogP contribution in [0.25, 0.3) is 0 Å². The van der Waals surface area contributed by atoms with E-state index >= 15 is 0 Å². The van der Waals surface area contributed by atoms with E-state index < -0.39 is 0 Å². The van der Waals surface area contributed by atoms with Gasteiger partial charge in [-0.15, -0.1) is 0 Å². The highest BCUT2D eigenvalue weighted by atomic mass is 35.5. The molecule has 0 aliphatic rings. The summed E-state index contributed by atoms with van der Waals surface area (Å²) in [6, 6.07) is 26.3. The molecule has 3 aromatic rings. The molecular weight excluding hydrogens is 304 g/mol. The molecule has 0 aliphatic heterocycles. The highest BCUT2D eigenvalue weighted by molar-refractivity contribution is 6.30. The molecule has 1 nitrogen and oxygen atoms in total. The van der Waals surface area contributed by atoms with Gasteiger partial charge in [0, 0.05) is 5.02 Å². The maximum atomic E-state index is 5.90. The minimum absolute atomic E-state index is 0.588. The van der Waals surface area contributed by atoms with Crippen molar-refractivity contribution in [3.8, 4) is 5.75 Å². The van der Waals surface area contributed by atoms with Crippen LogP contribution in [-0.2, 0) is 13.0 Å². The Morgan fingerprint density at radius 3 is 2.30 bits per heavy atom. The van der Waals surface area contributed by atoms with Gasteiger partial charge in [0.15, 0.2) is 0 Å².